The van der Waals surface area contributed by atoms with Crippen LogP contribution in [0.2, 0.25) is 0 Å². The minimum absolute atomic E-state index is 0. The Hall–Kier alpha value is -0.280. The van der Waals surface area contributed by atoms with Gasteiger partial charge in [0.25, 0.3) is 0 Å². The molecule has 0 fully saturated rings. The smallest absolute Gasteiger partial charge is 0.238 e. The number of nitrogens with zero attached hydrogens (tertiary/aromatic N) is 1. The van der Waals surface area contributed by atoms with Crippen molar-refractivity contribution in [3.63, 3.8) is 0 Å². The van der Waals surface area contributed by atoms with Crippen LogP contribution in [-0.2, 0) is 4.79 Å². The number of hydrogen-bond donors (Lipinski definition) is 0. The zero-order valence-electron chi connectivity index (χ0n) is 6.39. The van der Waals surface area contributed by atoms with Crippen LogP contribution >= 0.6 is 12.4 Å². The average Bonchev–Trinajstić information content (AvgIpc) is 1.63. The molecule has 0 aromatic carbocycles. The Balaban J connectivity index is 0. The lowest BCUT2D eigenvalue weighted by Crippen LogP contribution is -2.14. The number of halogens is 1. The molecule has 0 saturated carbocycles. The quantitative estimate of drug-likeness (QED) is 0.611. The molecule has 0 aromatic rings. The summed E-state index contributed by atoms with van der Waals surface area (Å²) in [4.78, 5) is 12.1. The summed E-state index contributed by atoms with van der Waals surface area (Å²) in [5, 5.41) is 0. The molecule has 0 atom stereocenters. The van der Waals surface area contributed by atoms with Gasteiger partial charge in [0.15, 0.2) is 0 Å². The van der Waals surface area contributed by atoms with Crippen molar-refractivity contribution in [1.29, 1.82) is 0 Å². The first-order chi connectivity index (χ1) is 4.13. The topological polar surface area (TPSA) is 44.1 Å². The van der Waals surface area contributed by atoms with Crippen LogP contribution in [0.4, 0.5) is 0 Å². The van der Waals surface area contributed by atoms with Crippen molar-refractivity contribution < 1.29 is 4.79 Å². The lowest BCUT2D eigenvalue weighted by Gasteiger charge is -2.06. The summed E-state index contributed by atoms with van der Waals surface area (Å²) in [6, 6.07) is 0. The Morgan fingerprint density at radius 3 is 2.30 bits per heavy atom. The molecule has 0 aromatic heterocycles. The summed E-state index contributed by atoms with van der Waals surface area (Å²) in [6.07, 6.45) is 1.19. The van der Waals surface area contributed by atoms with Gasteiger partial charge in [0, 0.05) is 6.42 Å². The summed E-state index contributed by atoms with van der Waals surface area (Å²) in [6.45, 7) is 0.893. The van der Waals surface area contributed by atoms with Crippen LogP contribution in [0.15, 0.2) is 0 Å². The third-order valence-electron chi connectivity index (χ3n) is 1.01. The van der Waals surface area contributed by atoms with Crippen LogP contribution in [0.1, 0.15) is 12.8 Å². The number of carbonyl (C=O) groups excluding carboxylic acids is 1. The van der Waals surface area contributed by atoms with E-state index in [1.807, 2.05) is 19.0 Å². The van der Waals surface area contributed by atoms with Gasteiger partial charge in [-0.2, -0.15) is 0 Å². The van der Waals surface area contributed by atoms with Crippen molar-refractivity contribution in [2.45, 2.75) is 12.8 Å². The molecule has 1 amide bonds. The second kappa shape index (κ2) is 6.83. The minimum atomic E-state index is -0.461. The summed E-state index contributed by atoms with van der Waals surface area (Å²) in [7, 11) is 3.91. The molecule has 0 aliphatic heterocycles. The standard InChI is InChI=1S/C6H13N2O.ClH/c1-8(2)5-3-4-6(7)9;/h7H,3-5H2,1-2H3;1H. The first-order valence-electron chi connectivity index (χ1n) is 3.02. The number of amides is 1. The molecule has 4 heteroatoms. The zero-order chi connectivity index (χ0) is 7.28. The van der Waals surface area contributed by atoms with Gasteiger partial charge < -0.3 is 4.90 Å². The molecular formula is C6H14ClN2O. The molecule has 0 unspecified atom stereocenters. The highest BCUT2D eigenvalue weighted by Crippen LogP contribution is 1.88. The molecule has 0 aliphatic rings. The third-order valence-corrected chi connectivity index (χ3v) is 1.01. The second-order valence-electron chi connectivity index (χ2n) is 2.33. The van der Waals surface area contributed by atoms with Crippen molar-refractivity contribution >= 4 is 18.3 Å². The van der Waals surface area contributed by atoms with Crippen molar-refractivity contribution in [3.05, 3.63) is 0 Å². The van der Waals surface area contributed by atoms with E-state index in [4.69, 9.17) is 5.73 Å². The predicted molar refractivity (Wildman–Crippen MR) is 43.1 cm³/mol. The van der Waals surface area contributed by atoms with E-state index in [0.717, 1.165) is 13.0 Å². The van der Waals surface area contributed by atoms with E-state index in [2.05, 4.69) is 0 Å². The fourth-order valence-corrected chi connectivity index (χ4v) is 0.556. The van der Waals surface area contributed by atoms with E-state index in [1.54, 1.807) is 0 Å². The second-order valence-corrected chi connectivity index (χ2v) is 2.33. The van der Waals surface area contributed by atoms with Crippen molar-refractivity contribution in [2.24, 2.45) is 0 Å². The lowest BCUT2D eigenvalue weighted by atomic mass is 10.3. The van der Waals surface area contributed by atoms with E-state index < -0.39 is 5.91 Å². The van der Waals surface area contributed by atoms with Crippen LogP contribution in [-0.4, -0.2) is 31.4 Å². The Morgan fingerprint density at radius 1 is 1.50 bits per heavy atom. The summed E-state index contributed by atoms with van der Waals surface area (Å²) < 4.78 is 0. The molecule has 1 N–H and O–H groups in total. The molecule has 0 spiro atoms. The first-order valence-corrected chi connectivity index (χ1v) is 3.02. The molecule has 61 valence electrons. The Bertz CT molecular complexity index is 95.7. The SMILES string of the molecule is CN(C)CCCC([NH])=O.Cl. The largest absolute Gasteiger partial charge is 0.309 e. The molecule has 0 rings (SSSR count). The number of hydrogen-bond acceptors (Lipinski definition) is 2. The minimum Gasteiger partial charge on any atom is -0.309 e. The van der Waals surface area contributed by atoms with Gasteiger partial charge in [-0.15, -0.1) is 12.4 Å². The number of rotatable bonds is 4. The average molecular weight is 166 g/mol. The highest BCUT2D eigenvalue weighted by atomic mass is 35.5. The summed E-state index contributed by atoms with van der Waals surface area (Å²) in [5.41, 5.74) is 6.56. The lowest BCUT2D eigenvalue weighted by molar-refractivity contribution is -0.118. The molecule has 0 saturated heterocycles. The monoisotopic (exact) mass is 165 g/mol. The fraction of sp³-hybridized carbons (Fsp3) is 0.833. The van der Waals surface area contributed by atoms with Crippen LogP contribution in [0.25, 0.3) is 0 Å². The van der Waals surface area contributed by atoms with Gasteiger partial charge in [0.05, 0.1) is 0 Å². The maximum Gasteiger partial charge on any atom is 0.238 e. The molecule has 0 aliphatic carbocycles. The van der Waals surface area contributed by atoms with Gasteiger partial charge >= 0.3 is 0 Å². The first kappa shape index (κ1) is 12.4. The number of carbonyl (C=O) groups is 1. The maximum atomic E-state index is 10.1. The highest BCUT2D eigenvalue weighted by Gasteiger charge is 1.94. The highest BCUT2D eigenvalue weighted by molar-refractivity contribution is 5.85. The van der Waals surface area contributed by atoms with Crippen molar-refractivity contribution in [1.82, 2.24) is 10.6 Å². The van der Waals surface area contributed by atoms with Crippen molar-refractivity contribution in [3.8, 4) is 0 Å². The van der Waals surface area contributed by atoms with Gasteiger partial charge in [-0.25, -0.2) is 0 Å². The predicted octanol–water partition coefficient (Wildman–Crippen LogP) is 0.559. The van der Waals surface area contributed by atoms with Gasteiger partial charge in [0.2, 0.25) is 5.91 Å². The number of nitrogens with one attached hydrogen (secondary N) is 1. The van der Waals surface area contributed by atoms with Gasteiger partial charge in [0.1, 0.15) is 0 Å². The zero-order valence-corrected chi connectivity index (χ0v) is 7.20. The van der Waals surface area contributed by atoms with Crippen LogP contribution < -0.4 is 5.73 Å². The van der Waals surface area contributed by atoms with Crippen LogP contribution in [0.5, 0.6) is 0 Å². The fourth-order valence-electron chi connectivity index (χ4n) is 0.556. The Morgan fingerprint density at radius 2 is 2.00 bits per heavy atom. The molecule has 3 nitrogen and oxygen atoms in total. The summed E-state index contributed by atoms with van der Waals surface area (Å²) in [5.74, 6) is -0.461. The van der Waals surface area contributed by atoms with Crippen molar-refractivity contribution in [2.75, 3.05) is 20.6 Å². The molecule has 0 heterocycles. The summed E-state index contributed by atoms with van der Waals surface area (Å²) >= 11 is 0. The van der Waals surface area contributed by atoms with E-state index in [0.29, 0.717) is 6.42 Å². The van der Waals surface area contributed by atoms with Gasteiger partial charge in [-0.3, -0.25) is 10.5 Å². The molecule has 10 heavy (non-hydrogen) atoms. The van der Waals surface area contributed by atoms with E-state index in [9.17, 15) is 4.79 Å². The van der Waals surface area contributed by atoms with Gasteiger partial charge in [-0.1, -0.05) is 0 Å². The molecule has 1 radical (unpaired) electrons. The van der Waals surface area contributed by atoms with E-state index >= 15 is 0 Å². The normalized spacial score (nSPS) is 9.10. The third kappa shape index (κ3) is 10.7. The Labute approximate surface area is 68.0 Å². The van der Waals surface area contributed by atoms with Gasteiger partial charge in [-0.05, 0) is 27.1 Å². The maximum absolute atomic E-state index is 10.1. The molecular weight excluding hydrogens is 152 g/mol. The van der Waals surface area contributed by atoms with E-state index in [1.165, 1.54) is 0 Å². The Kier molecular flexibility index (Phi) is 8.48. The molecule has 0 bridgehead atoms. The van der Waals surface area contributed by atoms with E-state index in [-0.39, 0.29) is 12.4 Å². The van der Waals surface area contributed by atoms with Crippen LogP contribution in [0, 0.1) is 0 Å². The van der Waals surface area contributed by atoms with Crippen LogP contribution in [0.3, 0.4) is 0 Å².